The third-order valence-corrected chi connectivity index (χ3v) is 4.95. The van der Waals surface area contributed by atoms with Crippen molar-refractivity contribution in [1.29, 1.82) is 0 Å². The summed E-state index contributed by atoms with van der Waals surface area (Å²) in [5.41, 5.74) is 3.05. The lowest BCUT2D eigenvalue weighted by Gasteiger charge is -2.10. The van der Waals surface area contributed by atoms with Gasteiger partial charge in [-0.05, 0) is 52.5 Å². The molecule has 2 aromatic carbocycles. The Labute approximate surface area is 212 Å². The molecule has 0 saturated heterocycles. The van der Waals surface area contributed by atoms with Crippen LogP contribution in [-0.2, 0) is 0 Å². The van der Waals surface area contributed by atoms with Gasteiger partial charge in [-0.3, -0.25) is 18.7 Å². The van der Waals surface area contributed by atoms with Gasteiger partial charge in [-0.1, -0.05) is 19.9 Å². The number of aromatic nitrogens is 4. The molecule has 10 heteroatoms. The molecule has 0 N–H and O–H groups in total. The molecule has 36 heavy (non-hydrogen) atoms. The first-order chi connectivity index (χ1) is 17.2. The molecule has 0 aliphatic carbocycles. The van der Waals surface area contributed by atoms with Gasteiger partial charge in [-0.2, -0.15) is 0 Å². The minimum atomic E-state index is -0.0259. The number of carbonyl (C=O) groups excluding carboxylic acids is 2. The molecule has 4 aromatic rings. The van der Waals surface area contributed by atoms with Crippen molar-refractivity contribution in [2.24, 2.45) is 0 Å². The number of likely N-dealkylation sites (N-methyl/N-ethyl adjacent to an activating group) is 2. The van der Waals surface area contributed by atoms with Crippen molar-refractivity contribution in [2.75, 3.05) is 55.5 Å². The maximum Gasteiger partial charge on any atom is 0.246 e. The van der Waals surface area contributed by atoms with Gasteiger partial charge in [0.2, 0.25) is 11.8 Å². The average molecular weight is 497 g/mol. The summed E-state index contributed by atoms with van der Waals surface area (Å²) >= 11 is 0. The zero-order valence-corrected chi connectivity index (χ0v) is 22.3. The van der Waals surface area contributed by atoms with Crippen LogP contribution in [0.3, 0.4) is 0 Å². The first-order valence-electron chi connectivity index (χ1n) is 11.6. The molecular weight excluding hydrogens is 460 g/mol. The van der Waals surface area contributed by atoms with E-state index < -0.39 is 0 Å². The molecule has 0 fully saturated rings. The van der Waals surface area contributed by atoms with Crippen molar-refractivity contribution >= 4 is 33.9 Å². The van der Waals surface area contributed by atoms with Crippen LogP contribution in [-0.4, -0.2) is 96.2 Å². The Morgan fingerprint density at radius 3 is 1.97 bits per heavy atom. The fourth-order valence-electron chi connectivity index (χ4n) is 3.40. The van der Waals surface area contributed by atoms with Crippen molar-refractivity contribution < 1.29 is 19.1 Å². The lowest BCUT2D eigenvalue weighted by molar-refractivity contribution is 0.0872. The first kappa shape index (κ1) is 28.5. The highest BCUT2D eigenvalue weighted by molar-refractivity contribution is 5.94. The SMILES string of the molecule is CC.COc1ccc2ncn(C(=O)CN(C)C)c2c1.COc1cccc2ncn(C(=O)CN(C)C)c12. The fourth-order valence-corrected chi connectivity index (χ4v) is 3.40. The quantitative estimate of drug-likeness (QED) is 0.400. The Hall–Kier alpha value is -3.76. The molecule has 0 aliphatic heterocycles. The third-order valence-electron chi connectivity index (χ3n) is 4.95. The number of benzene rings is 2. The predicted molar refractivity (Wildman–Crippen MR) is 142 cm³/mol. The Kier molecular flexibility index (Phi) is 10.6. The second-order valence-electron chi connectivity index (χ2n) is 8.17. The number of carbonyl (C=O) groups is 2. The Morgan fingerprint density at radius 2 is 1.39 bits per heavy atom. The largest absolute Gasteiger partial charge is 0.497 e. The average Bonchev–Trinajstić information content (AvgIpc) is 3.49. The number of methoxy groups -OCH3 is 2. The Balaban J connectivity index is 0.000000237. The van der Waals surface area contributed by atoms with E-state index in [0.29, 0.717) is 18.8 Å². The van der Waals surface area contributed by atoms with Gasteiger partial charge in [0.25, 0.3) is 0 Å². The van der Waals surface area contributed by atoms with Crippen LogP contribution in [0.15, 0.2) is 49.1 Å². The van der Waals surface area contributed by atoms with E-state index in [1.165, 1.54) is 4.57 Å². The number of fused-ring (bicyclic) bond motifs is 2. The number of rotatable bonds is 6. The maximum absolute atomic E-state index is 12.0. The summed E-state index contributed by atoms with van der Waals surface area (Å²) in [5, 5.41) is 0. The van der Waals surface area contributed by atoms with E-state index in [-0.39, 0.29) is 11.8 Å². The molecule has 2 heterocycles. The van der Waals surface area contributed by atoms with Crippen molar-refractivity contribution in [3.8, 4) is 11.5 Å². The molecule has 0 unspecified atom stereocenters. The second-order valence-corrected chi connectivity index (χ2v) is 8.17. The summed E-state index contributed by atoms with van der Waals surface area (Å²) in [6.45, 7) is 4.69. The van der Waals surface area contributed by atoms with Crippen LogP contribution in [0.4, 0.5) is 0 Å². The molecule has 194 valence electrons. The molecule has 0 bridgehead atoms. The second kappa shape index (κ2) is 13.4. The molecular formula is C26H36N6O4. The normalized spacial score (nSPS) is 10.6. The smallest absolute Gasteiger partial charge is 0.246 e. The number of para-hydroxylation sites is 1. The van der Waals surface area contributed by atoms with Crippen LogP contribution in [0, 0.1) is 0 Å². The van der Waals surface area contributed by atoms with E-state index in [4.69, 9.17) is 9.47 Å². The number of ether oxygens (including phenoxy) is 2. The predicted octanol–water partition coefficient (Wildman–Crippen LogP) is 3.52. The van der Waals surface area contributed by atoms with Crippen molar-refractivity contribution in [1.82, 2.24) is 28.9 Å². The van der Waals surface area contributed by atoms with Gasteiger partial charge in [0, 0.05) is 6.07 Å². The molecule has 0 saturated carbocycles. The van der Waals surface area contributed by atoms with Gasteiger partial charge in [0.05, 0.1) is 43.9 Å². The molecule has 2 aromatic heterocycles. The van der Waals surface area contributed by atoms with E-state index >= 15 is 0 Å². The van der Waals surface area contributed by atoms with Gasteiger partial charge in [0.1, 0.15) is 29.7 Å². The molecule has 0 radical (unpaired) electrons. The zero-order chi connectivity index (χ0) is 26.8. The van der Waals surface area contributed by atoms with Crippen LogP contribution in [0.1, 0.15) is 23.4 Å². The molecule has 4 rings (SSSR count). The van der Waals surface area contributed by atoms with E-state index in [9.17, 15) is 9.59 Å². The van der Waals surface area contributed by atoms with Crippen molar-refractivity contribution in [2.45, 2.75) is 13.8 Å². The molecule has 0 aliphatic rings. The lowest BCUT2D eigenvalue weighted by atomic mass is 10.3. The minimum absolute atomic E-state index is 0.00856. The van der Waals surface area contributed by atoms with Crippen LogP contribution in [0.25, 0.3) is 22.1 Å². The van der Waals surface area contributed by atoms with E-state index in [1.54, 1.807) is 31.4 Å². The highest BCUT2D eigenvalue weighted by Crippen LogP contribution is 2.24. The minimum Gasteiger partial charge on any atom is -0.497 e. The molecule has 10 nitrogen and oxygen atoms in total. The van der Waals surface area contributed by atoms with E-state index in [1.807, 2.05) is 88.2 Å². The van der Waals surface area contributed by atoms with Crippen LogP contribution in [0.2, 0.25) is 0 Å². The maximum atomic E-state index is 12.0. The summed E-state index contributed by atoms with van der Waals surface area (Å²) in [6, 6.07) is 11.0. The van der Waals surface area contributed by atoms with E-state index in [2.05, 4.69) is 9.97 Å². The monoisotopic (exact) mass is 496 g/mol. The third kappa shape index (κ3) is 6.89. The Bertz CT molecular complexity index is 1290. The number of imidazole rings is 2. The lowest BCUT2D eigenvalue weighted by Crippen LogP contribution is -2.25. The van der Waals surface area contributed by atoms with Gasteiger partial charge in [-0.25, -0.2) is 9.97 Å². The number of hydrogen-bond donors (Lipinski definition) is 0. The summed E-state index contributed by atoms with van der Waals surface area (Å²) in [4.78, 5) is 36.0. The number of nitrogens with zero attached hydrogens (tertiary/aromatic N) is 6. The molecule has 0 atom stereocenters. The van der Waals surface area contributed by atoms with Crippen LogP contribution < -0.4 is 9.47 Å². The van der Waals surface area contributed by atoms with E-state index in [0.717, 1.165) is 27.8 Å². The fraction of sp³-hybridized carbons (Fsp3) is 0.385. The van der Waals surface area contributed by atoms with Crippen molar-refractivity contribution in [3.05, 3.63) is 49.1 Å². The highest BCUT2D eigenvalue weighted by atomic mass is 16.5. The highest BCUT2D eigenvalue weighted by Gasteiger charge is 2.14. The summed E-state index contributed by atoms with van der Waals surface area (Å²) in [6.07, 6.45) is 3.09. The first-order valence-corrected chi connectivity index (χ1v) is 11.6. The Morgan fingerprint density at radius 1 is 0.806 bits per heavy atom. The van der Waals surface area contributed by atoms with Crippen LogP contribution in [0.5, 0.6) is 11.5 Å². The van der Waals surface area contributed by atoms with Crippen LogP contribution >= 0.6 is 0 Å². The number of hydrogen-bond acceptors (Lipinski definition) is 8. The van der Waals surface area contributed by atoms with Gasteiger partial charge in [0.15, 0.2) is 0 Å². The standard InChI is InChI=1S/2C12H15N3O2.C2H6/c1-14(2)7-12(16)15-8-13-10-5-4-9(17-3)6-11(10)15;1-14(2)7-11(16)15-8-13-9-5-4-6-10(17-3)12(9)15;1-2/h2*4-6,8H,7H2,1-3H3;1-2H3. The summed E-state index contributed by atoms with van der Waals surface area (Å²) < 4.78 is 13.5. The topological polar surface area (TPSA) is 94.7 Å². The van der Waals surface area contributed by atoms with Gasteiger partial charge in [-0.15, -0.1) is 0 Å². The summed E-state index contributed by atoms with van der Waals surface area (Å²) in [7, 11) is 10.6. The summed E-state index contributed by atoms with van der Waals surface area (Å²) in [5.74, 6) is 1.34. The van der Waals surface area contributed by atoms with Gasteiger partial charge < -0.3 is 19.3 Å². The van der Waals surface area contributed by atoms with Gasteiger partial charge >= 0.3 is 0 Å². The molecule has 0 spiro atoms. The molecule has 0 amide bonds. The van der Waals surface area contributed by atoms with Crippen molar-refractivity contribution in [3.63, 3.8) is 0 Å². The zero-order valence-electron chi connectivity index (χ0n) is 22.3.